The van der Waals surface area contributed by atoms with E-state index < -0.39 is 10.0 Å². The van der Waals surface area contributed by atoms with Crippen molar-refractivity contribution in [2.24, 2.45) is 5.92 Å². The molecule has 0 saturated carbocycles. The molecule has 0 aliphatic carbocycles. The largest absolute Gasteiger partial charge is 0.316 e. The number of benzene rings is 1. The lowest BCUT2D eigenvalue weighted by molar-refractivity contribution is 0.0988. The van der Waals surface area contributed by atoms with Crippen molar-refractivity contribution in [2.45, 2.75) is 37.5 Å². The van der Waals surface area contributed by atoms with Gasteiger partial charge in [-0.3, -0.25) is 4.79 Å². The van der Waals surface area contributed by atoms with Crippen LogP contribution in [0.25, 0.3) is 0 Å². The average Bonchev–Trinajstić information content (AvgIpc) is 2.55. The van der Waals surface area contributed by atoms with E-state index in [0.29, 0.717) is 24.4 Å². The second-order valence-corrected chi connectivity index (χ2v) is 7.47. The number of carbonyl (C=O) groups excluding carboxylic acids is 1. The molecule has 5 nitrogen and oxygen atoms in total. The fraction of sp³-hybridized carbons (Fsp3) is 0.562. The Balaban J connectivity index is 1.96. The maximum atomic E-state index is 12.3. The molecule has 0 aromatic heterocycles. The summed E-state index contributed by atoms with van der Waals surface area (Å²) in [7, 11) is -3.55. The van der Waals surface area contributed by atoms with Gasteiger partial charge in [0.15, 0.2) is 5.78 Å². The zero-order valence-corrected chi connectivity index (χ0v) is 13.8. The van der Waals surface area contributed by atoms with Crippen LogP contribution in [-0.4, -0.2) is 33.8 Å². The molecule has 1 aliphatic rings. The lowest BCUT2D eigenvalue weighted by Gasteiger charge is -2.22. The minimum atomic E-state index is -3.55. The van der Waals surface area contributed by atoms with Gasteiger partial charge in [-0.1, -0.05) is 19.1 Å². The van der Waals surface area contributed by atoms with Crippen molar-refractivity contribution in [1.82, 2.24) is 10.0 Å². The Morgan fingerprint density at radius 1 is 1.41 bits per heavy atom. The van der Waals surface area contributed by atoms with Crippen molar-refractivity contribution >= 4 is 15.8 Å². The van der Waals surface area contributed by atoms with Crippen LogP contribution < -0.4 is 10.0 Å². The Morgan fingerprint density at radius 3 is 2.91 bits per heavy atom. The molecule has 0 radical (unpaired) electrons. The lowest BCUT2D eigenvalue weighted by atomic mass is 9.96. The van der Waals surface area contributed by atoms with Gasteiger partial charge in [0, 0.05) is 18.5 Å². The normalized spacial score (nSPS) is 19.0. The van der Waals surface area contributed by atoms with Crippen LogP contribution in [0.5, 0.6) is 0 Å². The third-order valence-electron chi connectivity index (χ3n) is 4.03. The van der Waals surface area contributed by atoms with E-state index in [1.165, 1.54) is 12.1 Å². The van der Waals surface area contributed by atoms with Gasteiger partial charge in [-0.15, -0.1) is 0 Å². The molecule has 0 bridgehead atoms. The summed E-state index contributed by atoms with van der Waals surface area (Å²) >= 11 is 0. The molecule has 0 spiro atoms. The van der Waals surface area contributed by atoms with E-state index in [0.717, 1.165) is 32.4 Å². The SMILES string of the molecule is CCC(=O)c1cccc(S(=O)(=O)NCCC2CCCNC2)c1. The minimum absolute atomic E-state index is 0.0506. The quantitative estimate of drug-likeness (QED) is 0.752. The molecular weight excluding hydrogens is 300 g/mol. The average molecular weight is 324 g/mol. The predicted octanol–water partition coefficient (Wildman–Crippen LogP) is 1.95. The Hall–Kier alpha value is -1.24. The van der Waals surface area contributed by atoms with Crippen molar-refractivity contribution < 1.29 is 13.2 Å². The van der Waals surface area contributed by atoms with Crippen molar-refractivity contribution in [3.63, 3.8) is 0 Å². The number of hydrogen-bond donors (Lipinski definition) is 2. The molecule has 1 unspecified atom stereocenters. The lowest BCUT2D eigenvalue weighted by Crippen LogP contribution is -2.33. The van der Waals surface area contributed by atoms with E-state index in [2.05, 4.69) is 10.0 Å². The number of Topliss-reactive ketones (excluding diaryl/α,β-unsaturated/α-hetero) is 1. The molecule has 1 saturated heterocycles. The monoisotopic (exact) mass is 324 g/mol. The van der Waals surface area contributed by atoms with Gasteiger partial charge in [-0.25, -0.2) is 13.1 Å². The van der Waals surface area contributed by atoms with E-state index in [4.69, 9.17) is 0 Å². The van der Waals surface area contributed by atoms with Crippen molar-refractivity contribution in [1.29, 1.82) is 0 Å². The van der Waals surface area contributed by atoms with Gasteiger partial charge < -0.3 is 5.32 Å². The predicted molar refractivity (Wildman–Crippen MR) is 86.5 cm³/mol. The zero-order chi connectivity index (χ0) is 16.0. The molecule has 1 heterocycles. The number of nitrogens with one attached hydrogen (secondary N) is 2. The highest BCUT2D eigenvalue weighted by Gasteiger charge is 2.17. The molecule has 1 aromatic rings. The molecule has 22 heavy (non-hydrogen) atoms. The third kappa shape index (κ3) is 4.63. The van der Waals surface area contributed by atoms with Crippen LogP contribution in [0.1, 0.15) is 43.0 Å². The smallest absolute Gasteiger partial charge is 0.240 e. The first-order valence-electron chi connectivity index (χ1n) is 7.86. The van der Waals surface area contributed by atoms with Gasteiger partial charge >= 0.3 is 0 Å². The second kappa shape index (κ2) is 7.85. The van der Waals surface area contributed by atoms with Gasteiger partial charge in [-0.2, -0.15) is 0 Å². The van der Waals surface area contributed by atoms with Crippen molar-refractivity contribution in [3.8, 4) is 0 Å². The van der Waals surface area contributed by atoms with Crippen LogP contribution in [0.3, 0.4) is 0 Å². The molecule has 122 valence electrons. The first-order valence-corrected chi connectivity index (χ1v) is 9.35. The number of ketones is 1. The zero-order valence-electron chi connectivity index (χ0n) is 13.0. The summed E-state index contributed by atoms with van der Waals surface area (Å²) in [5.74, 6) is 0.481. The fourth-order valence-electron chi connectivity index (χ4n) is 2.69. The Kier molecular flexibility index (Phi) is 6.11. The van der Waals surface area contributed by atoms with Crippen molar-refractivity contribution in [3.05, 3.63) is 29.8 Å². The second-order valence-electron chi connectivity index (χ2n) is 5.70. The Labute approximate surface area is 132 Å². The van der Waals surface area contributed by atoms with Gasteiger partial charge in [-0.05, 0) is 50.4 Å². The van der Waals surface area contributed by atoms with E-state index in [-0.39, 0.29) is 10.7 Å². The summed E-state index contributed by atoms with van der Waals surface area (Å²) in [6, 6.07) is 6.24. The fourth-order valence-corrected chi connectivity index (χ4v) is 3.79. The number of piperidine rings is 1. The van der Waals surface area contributed by atoms with E-state index in [1.807, 2.05) is 0 Å². The van der Waals surface area contributed by atoms with Gasteiger partial charge in [0.2, 0.25) is 10.0 Å². The van der Waals surface area contributed by atoms with Crippen LogP contribution >= 0.6 is 0 Å². The molecular formula is C16H24N2O3S. The van der Waals surface area contributed by atoms with Crippen LogP contribution in [0.4, 0.5) is 0 Å². The molecule has 1 fully saturated rings. The highest BCUT2D eigenvalue weighted by molar-refractivity contribution is 7.89. The van der Waals surface area contributed by atoms with Crippen LogP contribution in [0.15, 0.2) is 29.2 Å². The molecule has 1 atom stereocenters. The highest BCUT2D eigenvalue weighted by atomic mass is 32.2. The standard InChI is InChI=1S/C16H24N2O3S/c1-2-16(19)14-6-3-7-15(11-14)22(20,21)18-10-8-13-5-4-9-17-12-13/h3,6-7,11,13,17-18H,2,4-5,8-10,12H2,1H3. The van der Waals surface area contributed by atoms with Crippen LogP contribution in [0, 0.1) is 5.92 Å². The first kappa shape index (κ1) is 17.1. The van der Waals surface area contributed by atoms with Gasteiger partial charge in [0.1, 0.15) is 0 Å². The van der Waals surface area contributed by atoms with Gasteiger partial charge in [0.25, 0.3) is 0 Å². The summed E-state index contributed by atoms with van der Waals surface area (Å²) < 4.78 is 27.2. The molecule has 1 aliphatic heterocycles. The molecule has 2 N–H and O–H groups in total. The maximum absolute atomic E-state index is 12.3. The minimum Gasteiger partial charge on any atom is -0.316 e. The van der Waals surface area contributed by atoms with E-state index >= 15 is 0 Å². The number of hydrogen-bond acceptors (Lipinski definition) is 4. The summed E-state index contributed by atoms with van der Waals surface area (Å²) in [4.78, 5) is 11.9. The van der Waals surface area contributed by atoms with Gasteiger partial charge in [0.05, 0.1) is 4.90 Å². The summed E-state index contributed by atoms with van der Waals surface area (Å²) in [5, 5.41) is 3.33. The molecule has 6 heteroatoms. The van der Waals surface area contributed by atoms with Crippen LogP contribution in [0.2, 0.25) is 0 Å². The van der Waals surface area contributed by atoms with Crippen molar-refractivity contribution in [2.75, 3.05) is 19.6 Å². The third-order valence-corrected chi connectivity index (χ3v) is 5.49. The van der Waals surface area contributed by atoms with Crippen LogP contribution in [-0.2, 0) is 10.0 Å². The first-order chi connectivity index (χ1) is 10.5. The molecule has 0 amide bonds. The number of rotatable bonds is 7. The van der Waals surface area contributed by atoms with E-state index in [1.54, 1.807) is 19.1 Å². The summed E-state index contributed by atoms with van der Waals surface area (Å²) in [5.41, 5.74) is 0.446. The van der Waals surface area contributed by atoms with E-state index in [9.17, 15) is 13.2 Å². The highest BCUT2D eigenvalue weighted by Crippen LogP contribution is 2.15. The summed E-state index contributed by atoms with van der Waals surface area (Å²) in [6.45, 7) is 4.21. The summed E-state index contributed by atoms with van der Waals surface area (Å²) in [6.07, 6.45) is 3.50. The number of carbonyl (C=O) groups is 1. The topological polar surface area (TPSA) is 75.3 Å². The maximum Gasteiger partial charge on any atom is 0.240 e. The molecule has 1 aromatic carbocycles. The Bertz CT molecular complexity index is 608. The Morgan fingerprint density at radius 2 is 2.23 bits per heavy atom. The molecule has 2 rings (SSSR count). The number of sulfonamides is 1.